The van der Waals surface area contributed by atoms with Crippen molar-refractivity contribution >= 4 is 0 Å². The molecular formula is C36H68O4. The van der Waals surface area contributed by atoms with Gasteiger partial charge in [-0.05, 0) is 75.0 Å². The van der Waals surface area contributed by atoms with E-state index in [0.29, 0.717) is 25.0 Å². The zero-order valence-electron chi connectivity index (χ0n) is 26.8. The number of unbranched alkanes of at least 4 members (excludes halogenated alkanes) is 11. The number of allylic oxidation sites excluding steroid dienone is 1. The Bertz CT molecular complexity index is 606. The monoisotopic (exact) mass is 565 g/mol. The summed E-state index contributed by atoms with van der Waals surface area (Å²) in [7, 11) is 0. The fourth-order valence-electron chi connectivity index (χ4n) is 8.01. The van der Waals surface area contributed by atoms with Crippen LogP contribution in [-0.2, 0) is 9.78 Å². The molecule has 0 aromatic carbocycles. The van der Waals surface area contributed by atoms with Crippen molar-refractivity contribution < 1.29 is 20.3 Å². The molecule has 2 rings (SSSR count). The van der Waals surface area contributed by atoms with Gasteiger partial charge in [-0.15, -0.1) is 0 Å². The first-order valence-electron chi connectivity index (χ1n) is 18.0. The van der Waals surface area contributed by atoms with Crippen molar-refractivity contribution in [2.75, 3.05) is 13.2 Å². The largest absolute Gasteiger partial charge is 0.252 e. The van der Waals surface area contributed by atoms with E-state index in [4.69, 9.17) is 10.1 Å². The van der Waals surface area contributed by atoms with Crippen molar-refractivity contribution in [3.05, 3.63) is 11.6 Å². The third-order valence-corrected chi connectivity index (χ3v) is 10.4. The summed E-state index contributed by atoms with van der Waals surface area (Å²) < 4.78 is 0. The first-order chi connectivity index (χ1) is 19.7. The van der Waals surface area contributed by atoms with Gasteiger partial charge in [0.2, 0.25) is 0 Å². The molecule has 4 nitrogen and oxygen atoms in total. The van der Waals surface area contributed by atoms with Crippen LogP contribution in [0, 0.1) is 29.6 Å². The van der Waals surface area contributed by atoms with E-state index in [1.54, 1.807) is 5.57 Å². The minimum absolute atomic E-state index is 0.402. The first kappa shape index (κ1) is 35.8. The van der Waals surface area contributed by atoms with E-state index in [-0.39, 0.29) is 0 Å². The molecule has 0 radical (unpaired) electrons. The molecule has 40 heavy (non-hydrogen) atoms. The predicted molar refractivity (Wildman–Crippen MR) is 169 cm³/mol. The summed E-state index contributed by atoms with van der Waals surface area (Å²) in [6.45, 7) is 5.61. The van der Waals surface area contributed by atoms with E-state index >= 15 is 0 Å². The molecule has 2 saturated carbocycles. The molecule has 5 unspecified atom stereocenters. The molecule has 5 atom stereocenters. The van der Waals surface area contributed by atoms with Crippen LogP contribution in [0.4, 0.5) is 0 Å². The first-order valence-corrected chi connectivity index (χ1v) is 18.0. The van der Waals surface area contributed by atoms with Crippen LogP contribution < -0.4 is 0 Å². The van der Waals surface area contributed by atoms with E-state index in [9.17, 15) is 5.26 Å². The molecule has 2 fully saturated rings. The summed E-state index contributed by atoms with van der Waals surface area (Å²) in [4.78, 5) is 9.03. The molecule has 0 saturated heterocycles. The molecular weight excluding hydrogens is 496 g/mol. The van der Waals surface area contributed by atoms with Crippen LogP contribution in [0.25, 0.3) is 0 Å². The van der Waals surface area contributed by atoms with Crippen molar-refractivity contribution in [3.63, 3.8) is 0 Å². The Hall–Kier alpha value is -0.420. The molecule has 0 heterocycles. The summed E-state index contributed by atoms with van der Waals surface area (Å²) in [5.41, 5.74) is 1.63. The highest BCUT2D eigenvalue weighted by atomic mass is 17.1. The fraction of sp³-hybridized carbons (Fsp3) is 0.944. The average molecular weight is 565 g/mol. The van der Waals surface area contributed by atoms with Crippen molar-refractivity contribution in [2.45, 2.75) is 174 Å². The molecule has 0 amide bonds. The van der Waals surface area contributed by atoms with E-state index in [2.05, 4.69) is 24.8 Å². The highest BCUT2D eigenvalue weighted by molar-refractivity contribution is 5.13. The lowest BCUT2D eigenvalue weighted by Crippen LogP contribution is -2.34. The Morgan fingerprint density at radius 1 is 0.625 bits per heavy atom. The zero-order valence-corrected chi connectivity index (χ0v) is 26.8. The fourth-order valence-corrected chi connectivity index (χ4v) is 8.01. The second-order valence-electron chi connectivity index (χ2n) is 13.5. The topological polar surface area (TPSA) is 58.9 Å². The smallest absolute Gasteiger partial charge is 0.0884 e. The predicted octanol–water partition coefficient (Wildman–Crippen LogP) is 11.8. The second kappa shape index (κ2) is 24.1. The Morgan fingerprint density at radius 2 is 1.23 bits per heavy atom. The van der Waals surface area contributed by atoms with Crippen LogP contribution in [0.3, 0.4) is 0 Å². The van der Waals surface area contributed by atoms with Gasteiger partial charge in [-0.25, -0.2) is 9.78 Å². The summed E-state index contributed by atoms with van der Waals surface area (Å²) in [5, 5.41) is 18.0. The van der Waals surface area contributed by atoms with Gasteiger partial charge in [0.05, 0.1) is 13.2 Å². The molecule has 4 heteroatoms. The zero-order chi connectivity index (χ0) is 28.7. The highest BCUT2D eigenvalue weighted by Gasteiger charge is 2.37. The van der Waals surface area contributed by atoms with E-state index < -0.39 is 0 Å². The molecule has 0 aromatic rings. The third kappa shape index (κ3) is 14.7. The Kier molecular flexibility index (Phi) is 21.5. The summed E-state index contributed by atoms with van der Waals surface area (Å²) >= 11 is 0. The minimum Gasteiger partial charge on any atom is -0.252 e. The molecule has 0 aromatic heterocycles. The lowest BCUT2D eigenvalue weighted by molar-refractivity contribution is -0.249. The van der Waals surface area contributed by atoms with Crippen molar-refractivity contribution in [2.24, 2.45) is 29.6 Å². The summed E-state index contributed by atoms with van der Waals surface area (Å²) in [5.74, 6) is 3.67. The van der Waals surface area contributed by atoms with E-state index in [0.717, 1.165) is 30.6 Å². The average Bonchev–Trinajstić information content (AvgIpc) is 2.95. The van der Waals surface area contributed by atoms with Gasteiger partial charge in [-0.1, -0.05) is 135 Å². The summed E-state index contributed by atoms with van der Waals surface area (Å²) in [6.07, 6.45) is 35.9. The summed E-state index contributed by atoms with van der Waals surface area (Å²) in [6, 6.07) is 0. The van der Waals surface area contributed by atoms with Gasteiger partial charge in [0, 0.05) is 5.92 Å². The van der Waals surface area contributed by atoms with Crippen LogP contribution in [0.1, 0.15) is 174 Å². The quantitative estimate of drug-likeness (QED) is 0.0594. The maximum absolute atomic E-state index is 9.45. The van der Waals surface area contributed by atoms with Crippen LogP contribution in [-0.4, -0.2) is 23.7 Å². The maximum Gasteiger partial charge on any atom is 0.0884 e. The molecule has 0 aliphatic heterocycles. The van der Waals surface area contributed by atoms with Crippen molar-refractivity contribution in [1.29, 1.82) is 0 Å². The molecule has 2 aliphatic rings. The van der Waals surface area contributed by atoms with Crippen LogP contribution in [0.15, 0.2) is 11.6 Å². The van der Waals surface area contributed by atoms with Gasteiger partial charge in [0.15, 0.2) is 0 Å². The van der Waals surface area contributed by atoms with Crippen molar-refractivity contribution in [3.8, 4) is 0 Å². The standard InChI is InChI=1S/C36H68O4/c1-3-5-7-15-21-31-26-27-32(22-16-11-9-10-14-20-28-39-37)36(35(31)25-19-8-6-4-2)29-33-23-17-12-13-18-24-34(33)30-40-38/h29,31-32,34-38H,3-28,30H2,1-2H3/b33-29-. The van der Waals surface area contributed by atoms with Gasteiger partial charge >= 0.3 is 0 Å². The maximum atomic E-state index is 9.45. The molecule has 236 valence electrons. The van der Waals surface area contributed by atoms with Gasteiger partial charge in [-0.2, -0.15) is 0 Å². The third-order valence-electron chi connectivity index (χ3n) is 10.4. The minimum atomic E-state index is 0.402. The molecule has 2 aliphatic carbocycles. The molecule has 0 bridgehead atoms. The SMILES string of the molecule is CCCCCCC1CCC(CCCCCCCCOO)C(/C=C2/CCCCCCC2COO)C1CCCCCC. The molecule has 2 N–H and O–H groups in total. The number of hydrogen-bond donors (Lipinski definition) is 2. The van der Waals surface area contributed by atoms with Gasteiger partial charge in [0.1, 0.15) is 0 Å². The van der Waals surface area contributed by atoms with Gasteiger partial charge in [0.25, 0.3) is 0 Å². The Morgan fingerprint density at radius 3 is 1.93 bits per heavy atom. The van der Waals surface area contributed by atoms with Crippen LogP contribution in [0.5, 0.6) is 0 Å². The Balaban J connectivity index is 2.18. The number of rotatable bonds is 22. The number of hydrogen-bond acceptors (Lipinski definition) is 4. The van der Waals surface area contributed by atoms with Gasteiger partial charge in [-0.3, -0.25) is 10.5 Å². The van der Waals surface area contributed by atoms with Gasteiger partial charge < -0.3 is 0 Å². The highest BCUT2D eigenvalue weighted by Crippen LogP contribution is 2.47. The van der Waals surface area contributed by atoms with Crippen molar-refractivity contribution in [1.82, 2.24) is 0 Å². The Labute approximate surface area is 248 Å². The van der Waals surface area contributed by atoms with E-state index in [1.165, 1.54) is 148 Å². The van der Waals surface area contributed by atoms with E-state index in [1.807, 2.05) is 0 Å². The lowest BCUT2D eigenvalue weighted by Gasteiger charge is -2.44. The second-order valence-corrected chi connectivity index (χ2v) is 13.5. The van der Waals surface area contributed by atoms with Crippen LogP contribution in [0.2, 0.25) is 0 Å². The molecule has 0 spiro atoms. The normalized spacial score (nSPS) is 27.1. The van der Waals surface area contributed by atoms with Crippen LogP contribution >= 0.6 is 0 Å². The lowest BCUT2D eigenvalue weighted by atomic mass is 9.61.